The summed E-state index contributed by atoms with van der Waals surface area (Å²) in [5.41, 5.74) is 0. The van der Waals surface area contributed by atoms with Crippen molar-refractivity contribution in [1.29, 1.82) is 0 Å². The van der Waals surface area contributed by atoms with Crippen molar-refractivity contribution in [2.45, 2.75) is 26.1 Å². The molecule has 0 aromatic heterocycles. The molecule has 72 valence electrons. The molecule has 0 fully saturated rings. The van der Waals surface area contributed by atoms with Crippen molar-refractivity contribution in [1.82, 2.24) is 0 Å². The average molecular weight is 246 g/mol. The van der Waals surface area contributed by atoms with E-state index in [1.165, 1.54) is 0 Å². The first kappa shape index (κ1) is 20.1. The summed E-state index contributed by atoms with van der Waals surface area (Å²) in [6.45, 7) is 2.33. The van der Waals surface area contributed by atoms with E-state index in [1.54, 1.807) is 0 Å². The minimum absolute atomic E-state index is 0. The van der Waals surface area contributed by atoms with Crippen LogP contribution < -0.4 is 0 Å². The Bertz CT molecular complexity index is 164. The molecule has 2 unspecified atom stereocenters. The molecule has 0 radical (unpaired) electrons. The Morgan fingerprint density at radius 2 is 1.31 bits per heavy atom. The first-order valence-corrected chi connectivity index (χ1v) is 3.06. The molecule has 0 saturated heterocycles. The minimum atomic E-state index is -1.35. The van der Waals surface area contributed by atoms with E-state index in [9.17, 15) is 9.59 Å². The van der Waals surface area contributed by atoms with Gasteiger partial charge in [0.05, 0.1) is 0 Å². The Labute approximate surface area is 142 Å². The van der Waals surface area contributed by atoms with Crippen molar-refractivity contribution < 1.29 is 30.2 Å². The Balaban J connectivity index is -0.0000000333. The van der Waals surface area contributed by atoms with Crippen LogP contribution in [0.25, 0.3) is 0 Å². The third kappa shape index (κ3) is 9.87. The van der Waals surface area contributed by atoms with Crippen LogP contribution in [0.2, 0.25) is 0 Å². The number of carbonyl (C=O) groups excluding carboxylic acids is 2. The average Bonchev–Trinajstić information content (AvgIpc) is 1.87. The van der Waals surface area contributed by atoms with Crippen molar-refractivity contribution in [3.8, 4) is 0 Å². The molecule has 0 aromatic rings. The van der Waals surface area contributed by atoms with Crippen LogP contribution in [-0.2, 0) is 14.3 Å². The van der Waals surface area contributed by atoms with Gasteiger partial charge in [-0.2, -0.15) is 0 Å². The summed E-state index contributed by atoms with van der Waals surface area (Å²) in [5.74, 6) is -2.12. The maximum absolute atomic E-state index is 10.5. The first-order chi connectivity index (χ1) is 4.95. The minimum Gasteiger partial charge on any atom is -1.00 e. The van der Waals surface area contributed by atoms with Gasteiger partial charge in [-0.25, -0.2) is 9.59 Å². The number of hydrogen-bond acceptors (Lipinski definition) is 5. The van der Waals surface area contributed by atoms with Crippen LogP contribution in [0.15, 0.2) is 0 Å². The maximum Gasteiger partial charge on any atom is 2.00 e. The summed E-state index contributed by atoms with van der Waals surface area (Å²) >= 11 is 0. The zero-order valence-corrected chi connectivity index (χ0v) is 12.1. The molecule has 0 saturated carbocycles. The van der Waals surface area contributed by atoms with Crippen LogP contribution in [0, 0.1) is 0 Å². The molecule has 0 aromatic carbocycles. The topological polar surface area (TPSA) is 83.8 Å². The van der Waals surface area contributed by atoms with Crippen molar-refractivity contribution in [3.63, 3.8) is 0 Å². The predicted octanol–water partition coefficient (Wildman–Crippen LogP) is -1.49. The molecule has 5 nitrogen and oxygen atoms in total. The van der Waals surface area contributed by atoms with Gasteiger partial charge in [0.15, 0.2) is 0 Å². The largest absolute Gasteiger partial charge is 2.00 e. The summed E-state index contributed by atoms with van der Waals surface area (Å²) in [5, 5.41) is 17.1. The number of aliphatic hydroxyl groups is 2. The number of aliphatic hydroxyl groups excluding tert-OH is 2. The summed E-state index contributed by atoms with van der Waals surface area (Å²) < 4.78 is 4.00. The zero-order valence-electron chi connectivity index (χ0n) is 11.7. The van der Waals surface area contributed by atoms with E-state index in [0.29, 0.717) is 0 Å². The molecule has 0 spiro atoms. The monoisotopic (exact) mass is 246 g/mol. The number of ether oxygens (including phenoxy) is 1. The van der Waals surface area contributed by atoms with E-state index in [4.69, 9.17) is 10.2 Å². The SMILES string of the molecule is CC(O)C(=O)OC(=O)C(C)O.[Ca+2].[Ca+2].[H-].[H-].[H-].[H-]. The summed E-state index contributed by atoms with van der Waals surface area (Å²) in [7, 11) is 0. The summed E-state index contributed by atoms with van der Waals surface area (Å²) in [4.78, 5) is 20.9. The van der Waals surface area contributed by atoms with Gasteiger partial charge >= 0.3 is 87.4 Å². The van der Waals surface area contributed by atoms with Crippen molar-refractivity contribution >= 4 is 87.4 Å². The fourth-order valence-corrected chi connectivity index (χ4v) is 0.270. The third-order valence-corrected chi connectivity index (χ3v) is 0.883. The predicted molar refractivity (Wildman–Crippen MR) is 50.4 cm³/mol. The Morgan fingerprint density at radius 3 is 1.46 bits per heavy atom. The molecule has 0 aliphatic carbocycles. The van der Waals surface area contributed by atoms with Crippen LogP contribution in [0.4, 0.5) is 0 Å². The van der Waals surface area contributed by atoms with E-state index in [1.807, 2.05) is 0 Å². The van der Waals surface area contributed by atoms with Crippen molar-refractivity contribution in [3.05, 3.63) is 0 Å². The second-order valence-corrected chi connectivity index (χ2v) is 2.09. The molecule has 0 aliphatic heterocycles. The number of esters is 2. The molecule has 13 heavy (non-hydrogen) atoms. The van der Waals surface area contributed by atoms with Gasteiger partial charge in [0.2, 0.25) is 0 Å². The van der Waals surface area contributed by atoms with Crippen LogP contribution in [0.3, 0.4) is 0 Å². The van der Waals surface area contributed by atoms with E-state index in [-0.39, 0.29) is 81.2 Å². The normalized spacial score (nSPS) is 12.9. The molecule has 0 heterocycles. The number of carbonyl (C=O) groups is 2. The van der Waals surface area contributed by atoms with Crippen molar-refractivity contribution in [2.75, 3.05) is 0 Å². The Hall–Kier alpha value is 1.58. The Morgan fingerprint density at radius 1 is 1.08 bits per heavy atom. The molecule has 2 N–H and O–H groups in total. The Kier molecular flexibility index (Phi) is 15.6. The van der Waals surface area contributed by atoms with E-state index < -0.39 is 24.1 Å². The molecule has 0 aliphatic rings. The van der Waals surface area contributed by atoms with Gasteiger partial charge in [-0.1, -0.05) is 0 Å². The summed E-state index contributed by atoms with van der Waals surface area (Å²) in [6.07, 6.45) is -2.70. The third-order valence-electron chi connectivity index (χ3n) is 0.883. The molecular formula is C6H14Ca2O5. The van der Waals surface area contributed by atoms with Crippen LogP contribution in [-0.4, -0.2) is 110 Å². The second-order valence-electron chi connectivity index (χ2n) is 2.09. The quantitative estimate of drug-likeness (QED) is 0.352. The van der Waals surface area contributed by atoms with Gasteiger partial charge in [-0.05, 0) is 13.8 Å². The molecule has 7 heteroatoms. The van der Waals surface area contributed by atoms with E-state index in [2.05, 4.69) is 4.74 Å². The summed E-state index contributed by atoms with van der Waals surface area (Å²) in [6, 6.07) is 0. The zero-order chi connectivity index (χ0) is 9.02. The second kappa shape index (κ2) is 10.1. The first-order valence-electron chi connectivity index (χ1n) is 3.06. The van der Waals surface area contributed by atoms with Gasteiger partial charge in [0.1, 0.15) is 12.2 Å². The van der Waals surface area contributed by atoms with E-state index >= 15 is 0 Å². The van der Waals surface area contributed by atoms with Gasteiger partial charge in [-0.3, -0.25) is 0 Å². The van der Waals surface area contributed by atoms with Crippen LogP contribution in [0.5, 0.6) is 0 Å². The van der Waals surface area contributed by atoms with Gasteiger partial charge < -0.3 is 20.7 Å². The fourth-order valence-electron chi connectivity index (χ4n) is 0.270. The molecule has 0 amide bonds. The van der Waals surface area contributed by atoms with E-state index in [0.717, 1.165) is 13.8 Å². The molecule has 0 bridgehead atoms. The standard InChI is InChI=1S/C6H10O5.2Ca.4H/c1-3(7)5(9)11-6(10)4(2)8;;;;;;/h3-4,7-8H,1-2H3;;;;;;/q;2*+2;4*-1. The fraction of sp³-hybridized carbons (Fsp3) is 0.667. The van der Waals surface area contributed by atoms with Gasteiger partial charge in [0.25, 0.3) is 0 Å². The number of rotatable bonds is 2. The molecule has 0 rings (SSSR count). The number of hydrogen-bond donors (Lipinski definition) is 2. The van der Waals surface area contributed by atoms with Crippen LogP contribution >= 0.6 is 0 Å². The molecule has 2 atom stereocenters. The van der Waals surface area contributed by atoms with Crippen molar-refractivity contribution in [2.24, 2.45) is 0 Å². The van der Waals surface area contributed by atoms with Crippen LogP contribution in [0.1, 0.15) is 19.6 Å². The smallest absolute Gasteiger partial charge is 1.00 e. The maximum atomic E-state index is 10.5. The molecular weight excluding hydrogens is 232 g/mol. The van der Waals surface area contributed by atoms with Gasteiger partial charge in [-0.15, -0.1) is 0 Å². The van der Waals surface area contributed by atoms with Gasteiger partial charge in [0, 0.05) is 0 Å².